The van der Waals surface area contributed by atoms with E-state index in [4.69, 9.17) is 5.11 Å². The summed E-state index contributed by atoms with van der Waals surface area (Å²) in [6, 6.07) is 3.04. The molecule has 0 aliphatic carbocycles. The van der Waals surface area contributed by atoms with Crippen molar-refractivity contribution in [1.29, 1.82) is 0 Å². The Balaban J connectivity index is 2.38. The molecule has 0 aliphatic rings. The smallest absolute Gasteiger partial charge is 0.417 e. The molecule has 1 heterocycles. The molecule has 0 amide bonds. The second-order valence-corrected chi connectivity index (χ2v) is 5.11. The predicted molar refractivity (Wildman–Crippen MR) is 65.7 cm³/mol. The van der Waals surface area contributed by atoms with Crippen LogP contribution in [0.25, 0.3) is 0 Å². The molecule has 20 heavy (non-hydrogen) atoms. The van der Waals surface area contributed by atoms with Gasteiger partial charge in [0.05, 0.1) is 22.2 Å². The highest BCUT2D eigenvalue weighted by Crippen LogP contribution is 2.35. The number of aromatic nitrogens is 2. The Labute approximate surface area is 116 Å². The average molecular weight is 302 g/mol. The van der Waals surface area contributed by atoms with E-state index in [9.17, 15) is 18.0 Å². The maximum Gasteiger partial charge on any atom is 0.417 e. The normalized spacial score (nSPS) is 11.6. The van der Waals surface area contributed by atoms with E-state index in [0.717, 1.165) is 23.9 Å². The van der Waals surface area contributed by atoms with E-state index in [1.165, 1.54) is 6.07 Å². The van der Waals surface area contributed by atoms with Crippen LogP contribution in [-0.4, -0.2) is 20.9 Å². The van der Waals surface area contributed by atoms with E-state index >= 15 is 0 Å². The van der Waals surface area contributed by atoms with Crippen molar-refractivity contribution in [2.45, 2.75) is 16.0 Å². The van der Waals surface area contributed by atoms with Crippen LogP contribution in [0.1, 0.15) is 15.9 Å². The molecule has 0 saturated carbocycles. The Kier molecular flexibility index (Phi) is 3.76. The fraction of sp³-hybridized carbons (Fsp3) is 0.167. The number of aryl methyl sites for hydroxylation is 1. The lowest BCUT2D eigenvalue weighted by molar-refractivity contribution is -0.138. The van der Waals surface area contributed by atoms with Crippen LogP contribution in [0.4, 0.5) is 13.2 Å². The Bertz CT molecular complexity index is 652. The lowest BCUT2D eigenvalue weighted by Gasteiger charge is -2.11. The zero-order valence-corrected chi connectivity index (χ0v) is 11.0. The van der Waals surface area contributed by atoms with E-state index in [-0.39, 0.29) is 0 Å². The van der Waals surface area contributed by atoms with Crippen molar-refractivity contribution in [3.63, 3.8) is 0 Å². The van der Waals surface area contributed by atoms with Crippen LogP contribution in [0.5, 0.6) is 0 Å². The molecule has 8 heteroatoms. The van der Waals surface area contributed by atoms with Gasteiger partial charge in [-0.25, -0.2) is 4.79 Å². The number of carbonyl (C=O) groups is 1. The molecule has 106 valence electrons. The lowest BCUT2D eigenvalue weighted by Crippen LogP contribution is -2.12. The third-order valence-electron chi connectivity index (χ3n) is 2.44. The standard InChI is InChI=1S/C12H9F3N2O2S/c1-17-6-8(5-16-17)20-7-2-3-10(12(13,14)15)9(4-7)11(18)19/h2-6H,1H3,(H,18,19). The zero-order valence-electron chi connectivity index (χ0n) is 10.2. The molecule has 0 spiro atoms. The molecular weight excluding hydrogens is 293 g/mol. The third-order valence-corrected chi connectivity index (χ3v) is 3.38. The summed E-state index contributed by atoms with van der Waals surface area (Å²) in [7, 11) is 1.71. The minimum Gasteiger partial charge on any atom is -0.478 e. The molecule has 4 nitrogen and oxygen atoms in total. The summed E-state index contributed by atoms with van der Waals surface area (Å²) in [5.74, 6) is -1.61. The summed E-state index contributed by atoms with van der Waals surface area (Å²) < 4.78 is 39.6. The van der Waals surface area contributed by atoms with Crippen LogP contribution >= 0.6 is 11.8 Å². The molecule has 1 N–H and O–H groups in total. The van der Waals surface area contributed by atoms with E-state index in [2.05, 4.69) is 5.10 Å². The molecule has 1 aromatic carbocycles. The van der Waals surface area contributed by atoms with Crippen LogP contribution in [0.2, 0.25) is 0 Å². The summed E-state index contributed by atoms with van der Waals surface area (Å²) in [6.07, 6.45) is -1.46. The summed E-state index contributed by atoms with van der Waals surface area (Å²) >= 11 is 1.15. The molecule has 0 aliphatic heterocycles. The molecule has 0 fully saturated rings. The second kappa shape index (κ2) is 5.20. The summed E-state index contributed by atoms with van der Waals surface area (Å²) in [5, 5.41) is 12.8. The molecule has 2 aromatic rings. The van der Waals surface area contributed by atoms with Crippen LogP contribution in [0, 0.1) is 0 Å². The van der Waals surface area contributed by atoms with Gasteiger partial charge in [0.1, 0.15) is 0 Å². The molecular formula is C12H9F3N2O2S. The maximum atomic E-state index is 12.7. The fourth-order valence-electron chi connectivity index (χ4n) is 1.60. The Hall–Kier alpha value is -1.96. The number of hydrogen-bond donors (Lipinski definition) is 1. The monoisotopic (exact) mass is 302 g/mol. The van der Waals surface area contributed by atoms with E-state index < -0.39 is 23.3 Å². The molecule has 0 unspecified atom stereocenters. The minimum absolute atomic E-state index is 0.406. The Morgan fingerprint density at radius 2 is 2.05 bits per heavy atom. The Morgan fingerprint density at radius 3 is 2.55 bits per heavy atom. The van der Waals surface area contributed by atoms with Gasteiger partial charge in [-0.1, -0.05) is 11.8 Å². The number of rotatable bonds is 3. The van der Waals surface area contributed by atoms with Crippen LogP contribution in [0.15, 0.2) is 40.4 Å². The number of aromatic carboxylic acids is 1. The van der Waals surface area contributed by atoms with Gasteiger partial charge in [0.25, 0.3) is 0 Å². The van der Waals surface area contributed by atoms with Crippen LogP contribution in [0.3, 0.4) is 0 Å². The highest BCUT2D eigenvalue weighted by atomic mass is 32.2. The largest absolute Gasteiger partial charge is 0.478 e. The van der Waals surface area contributed by atoms with Gasteiger partial charge in [0, 0.05) is 18.1 Å². The fourth-order valence-corrected chi connectivity index (χ4v) is 2.49. The number of alkyl halides is 3. The second-order valence-electron chi connectivity index (χ2n) is 3.96. The number of carboxylic acids is 1. The van der Waals surface area contributed by atoms with Gasteiger partial charge in [-0.15, -0.1) is 0 Å². The number of benzene rings is 1. The van der Waals surface area contributed by atoms with E-state index in [1.54, 1.807) is 24.1 Å². The zero-order chi connectivity index (χ0) is 14.9. The number of nitrogens with zero attached hydrogens (tertiary/aromatic N) is 2. The quantitative estimate of drug-likeness (QED) is 0.945. The summed E-state index contributed by atoms with van der Waals surface area (Å²) in [4.78, 5) is 12.1. The van der Waals surface area contributed by atoms with Gasteiger partial charge >= 0.3 is 12.1 Å². The van der Waals surface area contributed by atoms with Crippen molar-refractivity contribution in [3.05, 3.63) is 41.7 Å². The van der Waals surface area contributed by atoms with Gasteiger partial charge in [0.15, 0.2) is 0 Å². The molecule has 0 saturated heterocycles. The van der Waals surface area contributed by atoms with Gasteiger partial charge < -0.3 is 5.11 Å². The maximum absolute atomic E-state index is 12.7. The first-order valence-corrected chi connectivity index (χ1v) is 6.20. The van der Waals surface area contributed by atoms with Crippen molar-refractivity contribution in [1.82, 2.24) is 9.78 Å². The first-order chi connectivity index (χ1) is 9.27. The first-order valence-electron chi connectivity index (χ1n) is 5.38. The summed E-state index contributed by atoms with van der Waals surface area (Å²) in [6.45, 7) is 0. The van der Waals surface area contributed by atoms with E-state index in [0.29, 0.717) is 9.79 Å². The SMILES string of the molecule is Cn1cc(Sc2ccc(C(F)(F)F)c(C(=O)O)c2)cn1. The van der Waals surface area contributed by atoms with Crippen molar-refractivity contribution in [2.75, 3.05) is 0 Å². The van der Waals surface area contributed by atoms with Crippen LogP contribution in [-0.2, 0) is 13.2 Å². The van der Waals surface area contributed by atoms with Gasteiger partial charge in [0.2, 0.25) is 0 Å². The van der Waals surface area contributed by atoms with Crippen molar-refractivity contribution in [2.24, 2.45) is 7.05 Å². The molecule has 0 radical (unpaired) electrons. The summed E-state index contributed by atoms with van der Waals surface area (Å²) in [5.41, 5.74) is -1.91. The molecule has 0 bridgehead atoms. The van der Waals surface area contributed by atoms with E-state index in [1.807, 2.05) is 0 Å². The molecule has 0 atom stereocenters. The minimum atomic E-state index is -4.69. The number of halogens is 3. The predicted octanol–water partition coefficient (Wildman–Crippen LogP) is 3.29. The average Bonchev–Trinajstić information content (AvgIpc) is 2.73. The molecule has 1 aromatic heterocycles. The van der Waals surface area contributed by atoms with Crippen molar-refractivity contribution >= 4 is 17.7 Å². The highest BCUT2D eigenvalue weighted by molar-refractivity contribution is 7.99. The lowest BCUT2D eigenvalue weighted by atomic mass is 10.1. The Morgan fingerprint density at radius 1 is 1.35 bits per heavy atom. The number of carboxylic acid groups (broad SMARTS) is 1. The van der Waals surface area contributed by atoms with Gasteiger partial charge in [-0.2, -0.15) is 18.3 Å². The first kappa shape index (κ1) is 14.4. The van der Waals surface area contributed by atoms with Gasteiger partial charge in [-0.05, 0) is 18.2 Å². The molecule has 2 rings (SSSR count). The number of hydrogen-bond acceptors (Lipinski definition) is 3. The topological polar surface area (TPSA) is 55.1 Å². The highest BCUT2D eigenvalue weighted by Gasteiger charge is 2.35. The van der Waals surface area contributed by atoms with Crippen molar-refractivity contribution in [3.8, 4) is 0 Å². The van der Waals surface area contributed by atoms with Crippen LogP contribution < -0.4 is 0 Å². The van der Waals surface area contributed by atoms with Crippen molar-refractivity contribution < 1.29 is 23.1 Å². The van der Waals surface area contributed by atoms with Gasteiger partial charge in [-0.3, -0.25) is 4.68 Å². The third kappa shape index (κ3) is 3.13.